The minimum Gasteiger partial charge on any atom is -0.437 e. The van der Waals surface area contributed by atoms with Crippen LogP contribution in [0.1, 0.15) is 50.1 Å². The first-order valence-corrected chi connectivity index (χ1v) is 53.4. The first-order chi connectivity index (χ1) is 72.7. The van der Waals surface area contributed by atoms with Crippen LogP contribution in [0, 0.1) is 0 Å². The maximum atomic E-state index is 6.93. The third-order valence-corrected chi connectivity index (χ3v) is 32.8. The molecule has 14 heteroatoms. The van der Waals surface area contributed by atoms with Crippen molar-refractivity contribution in [2.45, 2.75) is 51.6 Å². The third-order valence-electron chi connectivity index (χ3n) is 29.2. The van der Waals surface area contributed by atoms with Crippen molar-refractivity contribution in [3.05, 3.63) is 526 Å². The average Bonchev–Trinajstić information content (AvgIpc) is 0.918. The van der Waals surface area contributed by atoms with Gasteiger partial charge in [0.2, 0.25) is 11.8 Å². The first-order valence-electron chi connectivity index (χ1n) is 50.4. The number of hydrogen-bond acceptors (Lipinski definition) is 10. The molecule has 0 saturated carbocycles. The Morgan fingerprint density at radius 3 is 0.946 bits per heavy atom. The van der Waals surface area contributed by atoms with E-state index in [2.05, 4.69) is 410 Å². The zero-order valence-electron chi connectivity index (χ0n) is 82.7. The standard InChI is InChI=1S/C58H37N5O.C40H35N3.C36H29N3OSi/c1-3-17-38(18-4-1)48-37-57(60-58(59-48)39-19-5-2-6-20-39)64-56-30-16-15-29-55(56)63-53-33-31-40(61-49-25-11-7-21-42(49)43-22-8-12-26-50(43)61)35-46(53)47-36-41(32-34-54(47)63)62-51-27-13-9-23-44(51)45-24-10-14-28-52(45)62;1-39(2)30-21-11-14-24-34(30)43(35-25-15-12-22-31(35)39)36-26-16-13-23-32(36)40(3,4)37-27-33(28-17-7-5-8-18-28)41-38(42-37)29-19-9-6-10-20-29;1-41(2)33-23-13-10-20-30(33)39(31-21-11-14-24-34(31)41)29-19-9-12-22-32(29)40-35-25-28(26-15-5-3-6-16-26)37-36(38-35)27-17-7-4-8-18-27/h1-37H;5-27H,1-4H3;3-25H,1-2H3. The van der Waals surface area contributed by atoms with Crippen LogP contribution >= 0.6 is 0 Å². The second-order valence-electron chi connectivity index (χ2n) is 39.2. The van der Waals surface area contributed by atoms with Crippen LogP contribution in [0.25, 0.3) is 150 Å². The Bertz CT molecular complexity index is 8800. The molecule has 0 unspecified atom stereocenters. The Morgan fingerprint density at radius 1 is 0.236 bits per heavy atom. The Morgan fingerprint density at radius 2 is 0.534 bits per heavy atom. The molecule has 2 aliphatic heterocycles. The Hall–Kier alpha value is -18.8. The van der Waals surface area contributed by atoms with E-state index in [9.17, 15) is 0 Å². The highest BCUT2D eigenvalue weighted by Gasteiger charge is 2.42. The molecular formula is C134H101N11O2Si. The molecule has 27 rings (SSSR count). The molecule has 0 radical (unpaired) electrons. The van der Waals surface area contributed by atoms with Gasteiger partial charge < -0.3 is 33.0 Å². The van der Waals surface area contributed by atoms with Crippen LogP contribution in [-0.2, 0) is 10.8 Å². The molecule has 6 aromatic heterocycles. The molecule has 19 aromatic carbocycles. The van der Waals surface area contributed by atoms with E-state index in [1.165, 1.54) is 93.4 Å². The van der Waals surface area contributed by atoms with Crippen LogP contribution < -0.4 is 29.6 Å². The van der Waals surface area contributed by atoms with E-state index in [1.54, 1.807) is 0 Å². The Labute approximate surface area is 860 Å². The van der Waals surface area contributed by atoms with Gasteiger partial charge >= 0.3 is 0 Å². The fraction of sp³-hybridized carbons (Fsp3) is 0.0597. The summed E-state index contributed by atoms with van der Waals surface area (Å²) in [6.45, 7) is 14.1. The molecule has 2 aliphatic rings. The number of hydrogen-bond donors (Lipinski definition) is 0. The normalized spacial score (nSPS) is 12.7. The summed E-state index contributed by atoms with van der Waals surface area (Å²) in [5, 5.41) is 10.0. The smallest absolute Gasteiger partial charge is 0.223 e. The van der Waals surface area contributed by atoms with Crippen LogP contribution in [0.3, 0.4) is 0 Å². The van der Waals surface area contributed by atoms with Crippen molar-refractivity contribution in [1.82, 2.24) is 43.6 Å². The lowest BCUT2D eigenvalue weighted by atomic mass is 9.73. The van der Waals surface area contributed by atoms with Gasteiger partial charge in [0, 0.05) is 111 Å². The summed E-state index contributed by atoms with van der Waals surface area (Å²) in [4.78, 5) is 34.9. The minimum atomic E-state index is -1.89. The molecule has 708 valence electrons. The second-order valence-corrected chi connectivity index (χ2v) is 43.6. The van der Waals surface area contributed by atoms with Crippen LogP contribution in [0.2, 0.25) is 13.1 Å². The van der Waals surface area contributed by atoms with Crippen LogP contribution in [0.5, 0.6) is 23.3 Å². The number of rotatable bonds is 17. The summed E-state index contributed by atoms with van der Waals surface area (Å²) in [6, 6.07) is 176. The molecule has 0 spiro atoms. The lowest BCUT2D eigenvalue weighted by Gasteiger charge is -2.43. The zero-order valence-corrected chi connectivity index (χ0v) is 83.7. The van der Waals surface area contributed by atoms with E-state index in [-0.39, 0.29) is 5.41 Å². The molecule has 0 saturated heterocycles. The average molecular weight is 1930 g/mol. The van der Waals surface area contributed by atoms with Gasteiger partial charge in [0.1, 0.15) is 8.07 Å². The molecule has 0 bridgehead atoms. The lowest BCUT2D eigenvalue weighted by Crippen LogP contribution is -2.58. The number of para-hydroxylation sites is 13. The van der Waals surface area contributed by atoms with Crippen molar-refractivity contribution in [2.75, 3.05) is 9.80 Å². The topological polar surface area (TPSA) is 117 Å². The molecule has 13 nitrogen and oxygen atoms in total. The molecule has 148 heavy (non-hydrogen) atoms. The lowest BCUT2D eigenvalue weighted by molar-refractivity contribution is 0.461. The highest BCUT2D eigenvalue weighted by molar-refractivity contribution is 7.02. The van der Waals surface area contributed by atoms with Crippen molar-refractivity contribution in [3.63, 3.8) is 0 Å². The molecule has 0 fully saturated rings. The Balaban J connectivity index is 0.000000120. The maximum absolute atomic E-state index is 6.93. The van der Waals surface area contributed by atoms with Crippen LogP contribution in [0.15, 0.2) is 504 Å². The maximum Gasteiger partial charge on any atom is 0.223 e. The zero-order chi connectivity index (χ0) is 99.6. The Kier molecular flexibility index (Phi) is 23.1. The van der Waals surface area contributed by atoms with Gasteiger partial charge in [-0.15, -0.1) is 0 Å². The number of anilines is 6. The summed E-state index contributed by atoms with van der Waals surface area (Å²) in [5.41, 5.74) is 29.6. The van der Waals surface area contributed by atoms with Gasteiger partial charge in [0.05, 0.1) is 84.3 Å². The van der Waals surface area contributed by atoms with E-state index in [0.29, 0.717) is 29.2 Å². The van der Waals surface area contributed by atoms with Crippen LogP contribution in [-0.4, -0.2) is 51.7 Å². The number of nitrogens with zero attached hydrogens (tertiary/aromatic N) is 11. The van der Waals surface area contributed by atoms with Gasteiger partial charge in [-0.2, -0.15) is 9.97 Å². The van der Waals surface area contributed by atoms with Crippen molar-refractivity contribution in [3.8, 4) is 108 Å². The molecule has 0 amide bonds. The molecule has 8 heterocycles. The van der Waals surface area contributed by atoms with E-state index >= 15 is 0 Å². The predicted molar refractivity (Wildman–Crippen MR) is 612 cm³/mol. The monoisotopic (exact) mass is 1920 g/mol. The highest BCUT2D eigenvalue weighted by atomic mass is 28.3. The van der Waals surface area contributed by atoms with Gasteiger partial charge in [-0.05, 0) is 148 Å². The first kappa shape index (κ1) is 90.5. The quantitative estimate of drug-likeness (QED) is 0.0816. The molecule has 0 atom stereocenters. The van der Waals surface area contributed by atoms with Crippen LogP contribution in [0.4, 0.5) is 34.1 Å². The van der Waals surface area contributed by atoms with Gasteiger partial charge in [0.15, 0.2) is 29.0 Å². The summed E-state index contributed by atoms with van der Waals surface area (Å²) >= 11 is 0. The van der Waals surface area contributed by atoms with Crippen molar-refractivity contribution < 1.29 is 9.47 Å². The molecular weight excluding hydrogens is 1820 g/mol. The summed E-state index contributed by atoms with van der Waals surface area (Å²) in [7, 11) is -1.89. The predicted octanol–water partition coefficient (Wildman–Crippen LogP) is 33.3. The van der Waals surface area contributed by atoms with E-state index in [1.807, 2.05) is 158 Å². The number of ether oxygens (including phenoxy) is 2. The fourth-order valence-electron chi connectivity index (χ4n) is 22.0. The van der Waals surface area contributed by atoms with E-state index in [0.717, 1.165) is 118 Å². The van der Waals surface area contributed by atoms with Gasteiger partial charge in [-0.3, -0.25) is 0 Å². The van der Waals surface area contributed by atoms with Crippen molar-refractivity contribution in [2.24, 2.45) is 0 Å². The SMILES string of the molecule is CC(C)(c1cc(-c2ccccc2)nc(-c2ccccc2)n1)c1ccccc1N1c2ccccc2C(C)(C)c2ccccc21.C[Si]1(C)c2ccccc2N(c2ccccc2Oc2cc(-c3ccccc3)nc(-c3ccccc3)n2)c2ccccc21.c1ccc(-c2cc(Oc3ccccc3-n3c4ccc(-n5c6ccccc6c6ccccc65)cc4c4cc(-n5c6ccccc6c6ccccc65)ccc43)nc(-c3ccccc3)n2)cc1. The third kappa shape index (κ3) is 16.3. The summed E-state index contributed by atoms with van der Waals surface area (Å²) in [5.74, 6) is 4.33. The summed E-state index contributed by atoms with van der Waals surface area (Å²) in [6.07, 6.45) is 0. The number of benzene rings is 19. The van der Waals surface area contributed by atoms with Crippen molar-refractivity contribution in [1.29, 1.82) is 0 Å². The van der Waals surface area contributed by atoms with Crippen molar-refractivity contribution >= 4 is 118 Å². The number of fused-ring (bicyclic) bond motifs is 13. The molecule has 25 aromatic rings. The van der Waals surface area contributed by atoms with Gasteiger partial charge in [-0.1, -0.05) is 411 Å². The van der Waals surface area contributed by atoms with E-state index in [4.69, 9.17) is 39.4 Å². The number of aromatic nitrogens is 9. The minimum absolute atomic E-state index is 0.115. The van der Waals surface area contributed by atoms with E-state index < -0.39 is 13.5 Å². The summed E-state index contributed by atoms with van der Waals surface area (Å²) < 4.78 is 20.7. The fourth-order valence-corrected chi connectivity index (χ4v) is 24.9. The van der Waals surface area contributed by atoms with Gasteiger partial charge in [-0.25, -0.2) is 19.9 Å². The van der Waals surface area contributed by atoms with Gasteiger partial charge in [0.25, 0.3) is 0 Å². The highest BCUT2D eigenvalue weighted by Crippen LogP contribution is 2.55. The molecule has 0 aliphatic carbocycles. The second kappa shape index (κ2) is 37.8. The largest absolute Gasteiger partial charge is 0.437 e. The molecule has 0 N–H and O–H groups in total.